The Hall–Kier alpha value is -2.95. The summed E-state index contributed by atoms with van der Waals surface area (Å²) >= 11 is 0. The van der Waals surface area contributed by atoms with Crippen LogP contribution >= 0.6 is 0 Å². The Morgan fingerprint density at radius 2 is 1.93 bits per heavy atom. The number of amides is 1. The van der Waals surface area contributed by atoms with Crippen molar-refractivity contribution in [2.24, 2.45) is 0 Å². The Balaban J connectivity index is 1.44. The van der Waals surface area contributed by atoms with Gasteiger partial charge in [0.1, 0.15) is 5.82 Å². The van der Waals surface area contributed by atoms with Gasteiger partial charge >= 0.3 is 0 Å². The number of aromatic nitrogens is 3. The predicted molar refractivity (Wildman–Crippen MR) is 104 cm³/mol. The molecule has 1 aliphatic heterocycles. The molecule has 3 aromatic rings. The molecular formula is C22H24N4O. The van der Waals surface area contributed by atoms with Crippen molar-refractivity contribution in [1.29, 1.82) is 0 Å². The summed E-state index contributed by atoms with van der Waals surface area (Å²) < 4.78 is 2.22. The molecule has 138 valence electrons. The monoisotopic (exact) mass is 360 g/mol. The van der Waals surface area contributed by atoms with Crippen molar-refractivity contribution in [3.63, 3.8) is 0 Å². The van der Waals surface area contributed by atoms with Crippen LogP contribution in [0.3, 0.4) is 0 Å². The van der Waals surface area contributed by atoms with Gasteiger partial charge in [-0.2, -0.15) is 0 Å². The molecule has 1 saturated heterocycles. The number of likely N-dealkylation sites (tertiary alicyclic amines) is 1. The summed E-state index contributed by atoms with van der Waals surface area (Å²) in [5.41, 5.74) is 2.23. The molecule has 0 bridgehead atoms. The fourth-order valence-electron chi connectivity index (χ4n) is 3.80. The first-order valence-corrected chi connectivity index (χ1v) is 9.51. The van der Waals surface area contributed by atoms with Gasteiger partial charge in [-0.3, -0.25) is 9.78 Å². The molecule has 3 heterocycles. The summed E-state index contributed by atoms with van der Waals surface area (Å²) in [5.74, 6) is 1.54. The maximum Gasteiger partial charge on any atom is 0.227 e. The van der Waals surface area contributed by atoms with Crippen LogP contribution in [-0.4, -0.2) is 38.4 Å². The molecule has 2 aromatic heterocycles. The van der Waals surface area contributed by atoms with Crippen LogP contribution in [-0.2, 0) is 17.8 Å². The van der Waals surface area contributed by atoms with E-state index in [1.165, 1.54) is 5.56 Å². The summed E-state index contributed by atoms with van der Waals surface area (Å²) in [6, 6.07) is 14.3. The van der Waals surface area contributed by atoms with Gasteiger partial charge in [-0.1, -0.05) is 36.4 Å². The normalized spacial score (nSPS) is 17.0. The summed E-state index contributed by atoms with van der Waals surface area (Å²) in [7, 11) is 0. The van der Waals surface area contributed by atoms with Crippen LogP contribution in [0.5, 0.6) is 0 Å². The molecule has 0 spiro atoms. The number of benzene rings is 1. The summed E-state index contributed by atoms with van der Waals surface area (Å²) in [6.07, 6.45) is 9.92. The first-order chi connectivity index (χ1) is 13.3. The number of nitrogens with zero attached hydrogens (tertiary/aromatic N) is 4. The van der Waals surface area contributed by atoms with Crippen LogP contribution in [0.2, 0.25) is 0 Å². The van der Waals surface area contributed by atoms with E-state index in [2.05, 4.69) is 38.8 Å². The number of hydrogen-bond donors (Lipinski definition) is 0. The number of imidazole rings is 1. The van der Waals surface area contributed by atoms with E-state index in [1.54, 1.807) is 12.4 Å². The molecule has 1 aliphatic rings. The van der Waals surface area contributed by atoms with Gasteiger partial charge in [0, 0.05) is 50.3 Å². The summed E-state index contributed by atoms with van der Waals surface area (Å²) in [6.45, 7) is 2.39. The quantitative estimate of drug-likeness (QED) is 0.702. The lowest BCUT2D eigenvalue weighted by molar-refractivity contribution is -0.131. The average Bonchev–Trinajstić information content (AvgIpc) is 3.18. The van der Waals surface area contributed by atoms with Gasteiger partial charge in [-0.15, -0.1) is 0 Å². The zero-order valence-corrected chi connectivity index (χ0v) is 15.4. The number of carbonyl (C=O) groups excluding carboxylic acids is 1. The molecule has 1 amide bonds. The number of rotatable bonds is 5. The Kier molecular flexibility index (Phi) is 5.28. The highest BCUT2D eigenvalue weighted by Crippen LogP contribution is 2.26. The Morgan fingerprint density at radius 3 is 2.74 bits per heavy atom. The molecule has 0 saturated carbocycles. The maximum atomic E-state index is 12.7. The minimum Gasteiger partial charge on any atom is -0.342 e. The molecule has 1 aromatic carbocycles. The Bertz CT molecular complexity index is 876. The van der Waals surface area contributed by atoms with Crippen LogP contribution in [0.4, 0.5) is 0 Å². The second kappa shape index (κ2) is 8.16. The first kappa shape index (κ1) is 17.5. The van der Waals surface area contributed by atoms with Gasteiger partial charge in [0.25, 0.3) is 0 Å². The number of hydrogen-bond acceptors (Lipinski definition) is 3. The zero-order chi connectivity index (χ0) is 18.5. The highest BCUT2D eigenvalue weighted by Gasteiger charge is 2.27. The van der Waals surface area contributed by atoms with Gasteiger partial charge in [0.2, 0.25) is 5.91 Å². The molecule has 1 fully saturated rings. The maximum absolute atomic E-state index is 12.7. The van der Waals surface area contributed by atoms with E-state index >= 15 is 0 Å². The largest absolute Gasteiger partial charge is 0.342 e. The second-order valence-corrected chi connectivity index (χ2v) is 7.12. The molecule has 27 heavy (non-hydrogen) atoms. The minimum atomic E-state index is 0.175. The summed E-state index contributed by atoms with van der Waals surface area (Å²) in [4.78, 5) is 23.5. The van der Waals surface area contributed by atoms with Gasteiger partial charge < -0.3 is 9.47 Å². The Morgan fingerprint density at radius 1 is 1.07 bits per heavy atom. The van der Waals surface area contributed by atoms with Crippen molar-refractivity contribution >= 4 is 5.91 Å². The lowest BCUT2D eigenvalue weighted by Crippen LogP contribution is -2.40. The smallest absolute Gasteiger partial charge is 0.227 e. The van der Waals surface area contributed by atoms with E-state index < -0.39 is 0 Å². The van der Waals surface area contributed by atoms with Gasteiger partial charge in [-0.25, -0.2) is 4.98 Å². The van der Waals surface area contributed by atoms with Crippen LogP contribution < -0.4 is 0 Å². The highest BCUT2D eigenvalue weighted by molar-refractivity contribution is 5.78. The first-order valence-electron chi connectivity index (χ1n) is 9.51. The van der Waals surface area contributed by atoms with Gasteiger partial charge in [0.15, 0.2) is 0 Å². The third-order valence-corrected chi connectivity index (χ3v) is 5.16. The van der Waals surface area contributed by atoms with Crippen LogP contribution in [0.15, 0.2) is 67.3 Å². The molecule has 0 aliphatic carbocycles. The van der Waals surface area contributed by atoms with Crippen molar-refractivity contribution in [3.05, 3.63) is 84.2 Å². The summed E-state index contributed by atoms with van der Waals surface area (Å²) in [5, 5.41) is 0. The molecular weight excluding hydrogens is 336 g/mol. The van der Waals surface area contributed by atoms with Crippen LogP contribution in [0, 0.1) is 0 Å². The molecule has 1 atom stereocenters. The second-order valence-electron chi connectivity index (χ2n) is 7.12. The topological polar surface area (TPSA) is 51.0 Å². The number of piperidine rings is 1. The van der Waals surface area contributed by atoms with E-state index in [9.17, 15) is 4.79 Å². The van der Waals surface area contributed by atoms with E-state index in [-0.39, 0.29) is 11.8 Å². The van der Waals surface area contributed by atoms with E-state index in [4.69, 9.17) is 0 Å². The van der Waals surface area contributed by atoms with Crippen molar-refractivity contribution in [3.8, 4) is 0 Å². The van der Waals surface area contributed by atoms with E-state index in [0.717, 1.165) is 43.9 Å². The van der Waals surface area contributed by atoms with E-state index in [0.29, 0.717) is 6.42 Å². The SMILES string of the molecule is O=C(Cc1cccnc1)N1CCC[C@@H](c2nccn2Cc2ccccc2)C1. The molecule has 5 heteroatoms. The van der Waals surface area contributed by atoms with Gasteiger partial charge in [-0.05, 0) is 30.0 Å². The molecule has 0 N–H and O–H groups in total. The third-order valence-electron chi connectivity index (χ3n) is 5.16. The molecule has 4 rings (SSSR count). The standard InChI is InChI=1S/C22H24N4O/c27-21(14-19-8-4-10-23-15-19)25-12-5-9-20(17-25)22-24-11-13-26(22)16-18-6-2-1-3-7-18/h1-4,6-8,10-11,13,15,20H,5,9,12,14,16-17H2/t20-/m1/s1. The highest BCUT2D eigenvalue weighted by atomic mass is 16.2. The van der Waals surface area contributed by atoms with Crippen molar-refractivity contribution < 1.29 is 4.79 Å². The minimum absolute atomic E-state index is 0.175. The Labute approximate surface area is 159 Å². The number of carbonyl (C=O) groups is 1. The fourth-order valence-corrected chi connectivity index (χ4v) is 3.80. The van der Waals surface area contributed by atoms with Crippen LogP contribution in [0.1, 0.15) is 35.7 Å². The van der Waals surface area contributed by atoms with E-state index in [1.807, 2.05) is 35.5 Å². The third kappa shape index (κ3) is 4.25. The van der Waals surface area contributed by atoms with Crippen molar-refractivity contribution in [2.45, 2.75) is 31.7 Å². The zero-order valence-electron chi connectivity index (χ0n) is 15.4. The van der Waals surface area contributed by atoms with Crippen molar-refractivity contribution in [1.82, 2.24) is 19.4 Å². The molecule has 5 nitrogen and oxygen atoms in total. The fraction of sp³-hybridized carbons (Fsp3) is 0.318. The van der Waals surface area contributed by atoms with Gasteiger partial charge in [0.05, 0.1) is 6.42 Å². The van der Waals surface area contributed by atoms with Crippen molar-refractivity contribution in [2.75, 3.05) is 13.1 Å². The predicted octanol–water partition coefficient (Wildman–Crippen LogP) is 3.28. The average molecular weight is 360 g/mol. The number of pyridine rings is 1. The molecule has 0 unspecified atom stereocenters. The lowest BCUT2D eigenvalue weighted by Gasteiger charge is -2.33. The molecule has 0 radical (unpaired) electrons. The van der Waals surface area contributed by atoms with Crippen LogP contribution in [0.25, 0.3) is 0 Å². The lowest BCUT2D eigenvalue weighted by atomic mass is 9.96.